The molecule has 17 heavy (non-hydrogen) atoms. The molecule has 0 bridgehead atoms. The molecule has 1 heterocycles. The van der Waals surface area contributed by atoms with E-state index in [2.05, 4.69) is 20.9 Å². The van der Waals surface area contributed by atoms with Gasteiger partial charge in [-0.25, -0.2) is 0 Å². The molecular weight excluding hydrogens is 278 g/mol. The molecule has 0 saturated carbocycles. The second-order valence-corrected chi connectivity index (χ2v) is 4.43. The maximum atomic E-state index is 5.66. The summed E-state index contributed by atoms with van der Waals surface area (Å²) >= 11 is 3.39. The number of halogens is 1. The molecule has 0 unspecified atom stereocenters. The number of ether oxygens (including phenoxy) is 1. The van der Waals surface area contributed by atoms with Crippen molar-refractivity contribution in [1.82, 2.24) is 4.98 Å². The molecule has 1 aromatic heterocycles. The summed E-state index contributed by atoms with van der Waals surface area (Å²) < 4.78 is 6.33. The van der Waals surface area contributed by atoms with Crippen LogP contribution in [-0.2, 0) is 0 Å². The Kier molecular flexibility index (Phi) is 3.94. The molecule has 0 N–H and O–H groups in total. The van der Waals surface area contributed by atoms with Gasteiger partial charge in [-0.15, -0.1) is 0 Å². The van der Waals surface area contributed by atoms with Crippen LogP contribution in [-0.4, -0.2) is 4.98 Å². The highest BCUT2D eigenvalue weighted by Gasteiger charge is 1.97. The third kappa shape index (κ3) is 3.71. The number of aryl methyl sites for hydroxylation is 1. The van der Waals surface area contributed by atoms with Crippen LogP contribution in [0.3, 0.4) is 0 Å². The van der Waals surface area contributed by atoms with E-state index in [-0.39, 0.29) is 0 Å². The van der Waals surface area contributed by atoms with Crippen LogP contribution < -0.4 is 4.74 Å². The molecular formula is C14H12BrNO. The summed E-state index contributed by atoms with van der Waals surface area (Å²) in [5, 5.41) is 0. The molecule has 0 fully saturated rings. The summed E-state index contributed by atoms with van der Waals surface area (Å²) in [5.74, 6) is 0.821. The van der Waals surface area contributed by atoms with E-state index in [9.17, 15) is 0 Å². The van der Waals surface area contributed by atoms with Gasteiger partial charge in [0.1, 0.15) is 5.75 Å². The van der Waals surface area contributed by atoms with Crippen molar-refractivity contribution in [2.24, 2.45) is 0 Å². The summed E-state index contributed by atoms with van der Waals surface area (Å²) in [6.45, 7) is 2.04. The molecule has 2 aromatic rings. The van der Waals surface area contributed by atoms with E-state index in [0.29, 0.717) is 4.67 Å². The molecule has 0 saturated heterocycles. The lowest BCUT2D eigenvalue weighted by atomic mass is 10.2. The second-order valence-electron chi connectivity index (χ2n) is 3.65. The fourth-order valence-corrected chi connectivity index (χ4v) is 1.86. The first-order chi connectivity index (χ1) is 8.24. The number of pyridine rings is 1. The van der Waals surface area contributed by atoms with Crippen molar-refractivity contribution in [3.05, 3.63) is 64.6 Å². The summed E-state index contributed by atoms with van der Waals surface area (Å²) in [6.07, 6.45) is 5.40. The minimum absolute atomic E-state index is 0.675. The van der Waals surface area contributed by atoms with Crippen molar-refractivity contribution in [3.8, 4) is 5.75 Å². The lowest BCUT2D eigenvalue weighted by Gasteiger charge is -2.05. The smallest absolute Gasteiger partial charge is 0.170 e. The largest absolute Gasteiger partial charge is 0.450 e. The normalized spacial score (nSPS) is 11.3. The molecule has 3 heteroatoms. The Labute approximate surface area is 109 Å². The summed E-state index contributed by atoms with van der Waals surface area (Å²) in [4.78, 5) is 3.96. The summed E-state index contributed by atoms with van der Waals surface area (Å²) in [5.41, 5.74) is 2.21. The molecule has 0 aliphatic heterocycles. The van der Waals surface area contributed by atoms with Gasteiger partial charge in [-0.1, -0.05) is 12.1 Å². The Morgan fingerprint density at radius 1 is 1.24 bits per heavy atom. The lowest BCUT2D eigenvalue weighted by molar-refractivity contribution is 0.473. The number of nitrogens with zero attached hydrogens (tertiary/aromatic N) is 1. The van der Waals surface area contributed by atoms with Gasteiger partial charge in [-0.2, -0.15) is 0 Å². The standard InChI is InChI=1S/C14H12BrNO/c1-11-3-2-4-13(9-11)17-14(15)10-12-5-7-16-8-6-12/h2-10H,1H3/b14-10+. The summed E-state index contributed by atoms with van der Waals surface area (Å²) in [7, 11) is 0. The Morgan fingerprint density at radius 2 is 2.00 bits per heavy atom. The fourth-order valence-electron chi connectivity index (χ4n) is 1.41. The maximum Gasteiger partial charge on any atom is 0.170 e. The van der Waals surface area contributed by atoms with Crippen LogP contribution in [0.5, 0.6) is 5.75 Å². The highest BCUT2D eigenvalue weighted by Crippen LogP contribution is 2.20. The van der Waals surface area contributed by atoms with Crippen LogP contribution >= 0.6 is 15.9 Å². The molecule has 0 spiro atoms. The monoisotopic (exact) mass is 289 g/mol. The Morgan fingerprint density at radius 3 is 2.71 bits per heavy atom. The minimum atomic E-state index is 0.675. The number of hydrogen-bond acceptors (Lipinski definition) is 2. The Hall–Kier alpha value is -1.61. The molecule has 0 aliphatic carbocycles. The van der Waals surface area contributed by atoms with E-state index in [4.69, 9.17) is 4.74 Å². The molecule has 0 aliphatic rings. The second kappa shape index (κ2) is 5.64. The quantitative estimate of drug-likeness (QED) is 0.792. The van der Waals surface area contributed by atoms with Gasteiger partial charge in [0.05, 0.1) is 0 Å². The van der Waals surface area contributed by atoms with Crippen molar-refractivity contribution < 1.29 is 4.74 Å². The first-order valence-corrected chi connectivity index (χ1v) is 6.05. The van der Waals surface area contributed by atoms with Crippen LogP contribution in [0.15, 0.2) is 53.5 Å². The number of hydrogen-bond donors (Lipinski definition) is 0. The molecule has 1 aromatic carbocycles. The lowest BCUT2D eigenvalue weighted by Crippen LogP contribution is -1.88. The number of benzene rings is 1. The summed E-state index contributed by atoms with van der Waals surface area (Å²) in [6, 6.07) is 11.8. The van der Waals surface area contributed by atoms with Gasteiger partial charge in [0.2, 0.25) is 0 Å². The van der Waals surface area contributed by atoms with Crippen molar-refractivity contribution in [3.63, 3.8) is 0 Å². The van der Waals surface area contributed by atoms with Gasteiger partial charge in [0.25, 0.3) is 0 Å². The third-order valence-electron chi connectivity index (χ3n) is 2.19. The molecule has 2 rings (SSSR count). The van der Waals surface area contributed by atoms with E-state index >= 15 is 0 Å². The average molecular weight is 290 g/mol. The fraction of sp³-hybridized carbons (Fsp3) is 0.0714. The Balaban J connectivity index is 2.12. The first kappa shape index (κ1) is 11.9. The zero-order chi connectivity index (χ0) is 12.1. The van der Waals surface area contributed by atoms with Crippen LogP contribution in [0, 0.1) is 6.92 Å². The van der Waals surface area contributed by atoms with E-state index in [0.717, 1.165) is 11.3 Å². The van der Waals surface area contributed by atoms with Crippen molar-refractivity contribution in [1.29, 1.82) is 0 Å². The van der Waals surface area contributed by atoms with E-state index in [1.54, 1.807) is 12.4 Å². The van der Waals surface area contributed by atoms with E-state index in [1.165, 1.54) is 5.56 Å². The average Bonchev–Trinajstić information content (AvgIpc) is 2.30. The number of rotatable bonds is 3. The third-order valence-corrected chi connectivity index (χ3v) is 2.58. The van der Waals surface area contributed by atoms with Crippen molar-refractivity contribution >= 4 is 22.0 Å². The molecule has 0 atom stereocenters. The first-order valence-electron chi connectivity index (χ1n) is 5.26. The van der Waals surface area contributed by atoms with Gasteiger partial charge in [0.15, 0.2) is 4.67 Å². The van der Waals surface area contributed by atoms with Crippen molar-refractivity contribution in [2.75, 3.05) is 0 Å². The van der Waals surface area contributed by atoms with Gasteiger partial charge in [0, 0.05) is 12.4 Å². The molecule has 0 radical (unpaired) electrons. The van der Waals surface area contributed by atoms with E-state index < -0.39 is 0 Å². The predicted molar refractivity (Wildman–Crippen MR) is 72.9 cm³/mol. The highest BCUT2D eigenvalue weighted by atomic mass is 79.9. The van der Waals surface area contributed by atoms with Crippen LogP contribution in [0.4, 0.5) is 0 Å². The van der Waals surface area contributed by atoms with Gasteiger partial charge >= 0.3 is 0 Å². The molecule has 86 valence electrons. The van der Waals surface area contributed by atoms with Crippen LogP contribution in [0.25, 0.3) is 6.08 Å². The van der Waals surface area contributed by atoms with Crippen LogP contribution in [0.1, 0.15) is 11.1 Å². The number of aromatic nitrogens is 1. The highest BCUT2D eigenvalue weighted by molar-refractivity contribution is 9.11. The van der Waals surface area contributed by atoms with Gasteiger partial charge < -0.3 is 4.74 Å². The van der Waals surface area contributed by atoms with E-state index in [1.807, 2.05) is 49.4 Å². The SMILES string of the molecule is Cc1cccc(O/C(Br)=C/c2ccncc2)c1. The zero-order valence-electron chi connectivity index (χ0n) is 9.43. The maximum absolute atomic E-state index is 5.66. The topological polar surface area (TPSA) is 22.1 Å². The molecule has 0 amide bonds. The van der Waals surface area contributed by atoms with Crippen LogP contribution in [0.2, 0.25) is 0 Å². The minimum Gasteiger partial charge on any atom is -0.450 e. The molecule has 2 nitrogen and oxygen atoms in total. The predicted octanol–water partition coefficient (Wildman–Crippen LogP) is 4.16. The van der Waals surface area contributed by atoms with Crippen molar-refractivity contribution in [2.45, 2.75) is 6.92 Å². The van der Waals surface area contributed by atoms with Gasteiger partial charge in [-0.3, -0.25) is 4.98 Å². The zero-order valence-corrected chi connectivity index (χ0v) is 11.0. The Bertz CT molecular complexity index is 523. The van der Waals surface area contributed by atoms with Gasteiger partial charge in [-0.05, 0) is 64.3 Å².